The molecule has 0 amide bonds. The zero-order chi connectivity index (χ0) is 14.4. The summed E-state index contributed by atoms with van der Waals surface area (Å²) in [5.74, 6) is 0.775. The van der Waals surface area contributed by atoms with Crippen molar-refractivity contribution in [2.24, 2.45) is 0 Å². The van der Waals surface area contributed by atoms with Gasteiger partial charge in [-0.05, 0) is 43.3 Å². The van der Waals surface area contributed by atoms with E-state index in [9.17, 15) is 0 Å². The van der Waals surface area contributed by atoms with Crippen molar-refractivity contribution >= 4 is 23.2 Å². The maximum Gasteiger partial charge on any atom is 0.120 e. The minimum atomic E-state index is 0.189. The van der Waals surface area contributed by atoms with E-state index in [2.05, 4.69) is 5.32 Å². The molecule has 0 heterocycles. The molecule has 1 unspecified atom stereocenters. The van der Waals surface area contributed by atoms with E-state index in [0.717, 1.165) is 22.8 Å². The van der Waals surface area contributed by atoms with Crippen molar-refractivity contribution in [3.63, 3.8) is 0 Å². The molecule has 20 heavy (non-hydrogen) atoms. The molecule has 0 radical (unpaired) electrons. The van der Waals surface area contributed by atoms with Gasteiger partial charge in [0.2, 0.25) is 0 Å². The van der Waals surface area contributed by atoms with Crippen molar-refractivity contribution < 1.29 is 4.74 Å². The summed E-state index contributed by atoms with van der Waals surface area (Å²) >= 11 is 12.1. The number of benzene rings is 2. The van der Waals surface area contributed by atoms with E-state index in [-0.39, 0.29) is 6.04 Å². The van der Waals surface area contributed by atoms with Crippen LogP contribution < -0.4 is 10.1 Å². The van der Waals surface area contributed by atoms with Crippen LogP contribution in [-0.2, 0) is 6.42 Å². The van der Waals surface area contributed by atoms with Gasteiger partial charge in [0.05, 0.1) is 0 Å². The maximum absolute atomic E-state index is 6.18. The lowest BCUT2D eigenvalue weighted by molar-refractivity contribution is 0.270. The Labute approximate surface area is 129 Å². The Hall–Kier alpha value is -1.22. The van der Waals surface area contributed by atoms with Crippen LogP contribution in [0.3, 0.4) is 0 Å². The van der Waals surface area contributed by atoms with Gasteiger partial charge in [0.15, 0.2) is 0 Å². The third-order valence-corrected chi connectivity index (χ3v) is 3.68. The van der Waals surface area contributed by atoms with E-state index in [1.807, 2.05) is 55.6 Å². The molecule has 0 aliphatic carbocycles. The molecule has 0 saturated carbocycles. The summed E-state index contributed by atoms with van der Waals surface area (Å²) in [5.41, 5.74) is 1.11. The van der Waals surface area contributed by atoms with Crippen molar-refractivity contribution in [2.45, 2.75) is 12.5 Å². The first kappa shape index (κ1) is 15.2. The van der Waals surface area contributed by atoms with Crippen LogP contribution in [0.25, 0.3) is 0 Å². The number of likely N-dealkylation sites (N-methyl/N-ethyl adjacent to an activating group) is 1. The van der Waals surface area contributed by atoms with E-state index in [1.54, 1.807) is 0 Å². The third kappa shape index (κ3) is 4.41. The van der Waals surface area contributed by atoms with E-state index in [0.29, 0.717) is 11.6 Å². The molecular formula is C16H17Cl2NO. The first-order valence-corrected chi connectivity index (χ1v) is 7.23. The van der Waals surface area contributed by atoms with Gasteiger partial charge in [-0.3, -0.25) is 0 Å². The standard InChI is InChI=1S/C16H17Cl2NO/c1-19-14(9-12-5-2-3-8-16(12)18)11-20-15-7-4-6-13(17)10-15/h2-8,10,14,19H,9,11H2,1H3. The summed E-state index contributed by atoms with van der Waals surface area (Å²) in [6, 6.07) is 15.5. The summed E-state index contributed by atoms with van der Waals surface area (Å²) in [7, 11) is 1.92. The van der Waals surface area contributed by atoms with Gasteiger partial charge < -0.3 is 10.1 Å². The van der Waals surface area contributed by atoms with E-state index in [4.69, 9.17) is 27.9 Å². The van der Waals surface area contributed by atoms with Crippen LogP contribution in [0.1, 0.15) is 5.56 Å². The van der Waals surface area contributed by atoms with Crippen molar-refractivity contribution in [1.29, 1.82) is 0 Å². The Kier molecular flexibility index (Phi) is 5.72. The number of ether oxygens (including phenoxy) is 1. The Morgan fingerprint density at radius 1 is 1.10 bits per heavy atom. The van der Waals surface area contributed by atoms with Crippen molar-refractivity contribution in [3.05, 3.63) is 64.1 Å². The second-order valence-electron chi connectivity index (χ2n) is 4.55. The molecule has 0 aliphatic heterocycles. The average Bonchev–Trinajstić information content (AvgIpc) is 2.45. The molecule has 0 aliphatic rings. The molecule has 2 nitrogen and oxygen atoms in total. The SMILES string of the molecule is CNC(COc1cccc(Cl)c1)Cc1ccccc1Cl. The molecule has 1 N–H and O–H groups in total. The molecule has 2 rings (SSSR count). The Bertz CT molecular complexity index is 560. The van der Waals surface area contributed by atoms with Crippen molar-refractivity contribution in [3.8, 4) is 5.75 Å². The Morgan fingerprint density at radius 2 is 1.90 bits per heavy atom. The second kappa shape index (κ2) is 7.53. The van der Waals surface area contributed by atoms with Crippen molar-refractivity contribution in [1.82, 2.24) is 5.32 Å². The average molecular weight is 310 g/mol. The van der Waals surface area contributed by atoms with E-state index in [1.165, 1.54) is 0 Å². The number of halogens is 2. The number of hydrogen-bond acceptors (Lipinski definition) is 2. The molecular weight excluding hydrogens is 293 g/mol. The topological polar surface area (TPSA) is 21.3 Å². The Balaban J connectivity index is 1.94. The number of rotatable bonds is 6. The third-order valence-electron chi connectivity index (χ3n) is 3.08. The fraction of sp³-hybridized carbons (Fsp3) is 0.250. The van der Waals surface area contributed by atoms with Crippen LogP contribution in [0.5, 0.6) is 5.75 Å². The predicted molar refractivity (Wildman–Crippen MR) is 85.0 cm³/mol. The Morgan fingerprint density at radius 3 is 2.60 bits per heavy atom. The van der Waals surface area contributed by atoms with Gasteiger partial charge in [0, 0.05) is 16.1 Å². The molecule has 0 bridgehead atoms. The highest BCUT2D eigenvalue weighted by Crippen LogP contribution is 2.19. The largest absolute Gasteiger partial charge is 0.492 e. The summed E-state index contributed by atoms with van der Waals surface area (Å²) < 4.78 is 5.76. The normalized spacial score (nSPS) is 12.2. The summed E-state index contributed by atoms with van der Waals surface area (Å²) in [6.45, 7) is 0.558. The molecule has 2 aromatic carbocycles. The van der Waals surface area contributed by atoms with E-state index < -0.39 is 0 Å². The lowest BCUT2D eigenvalue weighted by atomic mass is 10.1. The first-order chi connectivity index (χ1) is 9.69. The molecule has 0 fully saturated rings. The highest BCUT2D eigenvalue weighted by molar-refractivity contribution is 6.31. The van der Waals surface area contributed by atoms with Gasteiger partial charge in [-0.1, -0.05) is 47.5 Å². The minimum Gasteiger partial charge on any atom is -0.492 e. The highest BCUT2D eigenvalue weighted by atomic mass is 35.5. The minimum absolute atomic E-state index is 0.189. The molecule has 1 atom stereocenters. The summed E-state index contributed by atoms with van der Waals surface area (Å²) in [5, 5.41) is 4.71. The number of hydrogen-bond donors (Lipinski definition) is 1. The van der Waals surface area contributed by atoms with Crippen LogP contribution in [0.4, 0.5) is 0 Å². The van der Waals surface area contributed by atoms with Gasteiger partial charge >= 0.3 is 0 Å². The molecule has 0 saturated heterocycles. The van der Waals surface area contributed by atoms with Crippen LogP contribution >= 0.6 is 23.2 Å². The van der Waals surface area contributed by atoms with E-state index >= 15 is 0 Å². The molecule has 4 heteroatoms. The van der Waals surface area contributed by atoms with Crippen LogP contribution in [0.2, 0.25) is 10.0 Å². The highest BCUT2D eigenvalue weighted by Gasteiger charge is 2.10. The van der Waals surface area contributed by atoms with Crippen molar-refractivity contribution in [2.75, 3.05) is 13.7 Å². The molecule has 2 aromatic rings. The van der Waals surface area contributed by atoms with Gasteiger partial charge in [-0.25, -0.2) is 0 Å². The first-order valence-electron chi connectivity index (χ1n) is 6.48. The lowest BCUT2D eigenvalue weighted by Gasteiger charge is -2.18. The van der Waals surface area contributed by atoms with Crippen LogP contribution in [0, 0.1) is 0 Å². The molecule has 0 aromatic heterocycles. The fourth-order valence-corrected chi connectivity index (χ4v) is 2.32. The summed E-state index contributed by atoms with van der Waals surface area (Å²) in [6.07, 6.45) is 0.816. The van der Waals surface area contributed by atoms with Gasteiger partial charge in [-0.2, -0.15) is 0 Å². The smallest absolute Gasteiger partial charge is 0.120 e. The quantitative estimate of drug-likeness (QED) is 0.863. The lowest BCUT2D eigenvalue weighted by Crippen LogP contribution is -2.33. The summed E-state index contributed by atoms with van der Waals surface area (Å²) in [4.78, 5) is 0. The molecule has 0 spiro atoms. The predicted octanol–water partition coefficient (Wildman–Crippen LogP) is 4.20. The van der Waals surface area contributed by atoms with Gasteiger partial charge in [0.25, 0.3) is 0 Å². The second-order valence-corrected chi connectivity index (χ2v) is 5.39. The monoisotopic (exact) mass is 309 g/mol. The van der Waals surface area contributed by atoms with Gasteiger partial charge in [0.1, 0.15) is 12.4 Å². The van der Waals surface area contributed by atoms with Crippen LogP contribution in [0.15, 0.2) is 48.5 Å². The molecule has 106 valence electrons. The van der Waals surface area contributed by atoms with Crippen LogP contribution in [-0.4, -0.2) is 19.7 Å². The maximum atomic E-state index is 6.18. The zero-order valence-corrected chi connectivity index (χ0v) is 12.8. The fourth-order valence-electron chi connectivity index (χ4n) is 1.93. The zero-order valence-electron chi connectivity index (χ0n) is 11.3. The number of nitrogens with one attached hydrogen (secondary N) is 1. The van der Waals surface area contributed by atoms with Gasteiger partial charge in [-0.15, -0.1) is 0 Å².